The van der Waals surface area contributed by atoms with E-state index in [1.807, 2.05) is 30.5 Å². The number of nitrogens with one attached hydrogen (secondary N) is 1. The Bertz CT molecular complexity index is 725. The fourth-order valence-electron chi connectivity index (χ4n) is 3.52. The topological polar surface area (TPSA) is 77.2 Å². The van der Waals surface area contributed by atoms with E-state index in [-0.39, 0.29) is 11.9 Å². The third-order valence-corrected chi connectivity index (χ3v) is 5.76. The molecule has 1 saturated carbocycles. The molecule has 0 spiro atoms. The Kier molecular flexibility index (Phi) is 6.63. The van der Waals surface area contributed by atoms with E-state index < -0.39 is 0 Å². The minimum atomic E-state index is -0.0824. The number of carbonyl (C=O) groups is 1. The van der Waals surface area contributed by atoms with Crippen molar-refractivity contribution >= 4 is 17.2 Å². The largest absolute Gasteiger partial charge is 0.487 e. The molecule has 0 bridgehead atoms. The molecule has 3 rings (SSSR count). The number of rotatable bonds is 7. The van der Waals surface area contributed by atoms with Gasteiger partial charge in [-0.2, -0.15) is 0 Å². The van der Waals surface area contributed by atoms with Crippen molar-refractivity contribution in [2.24, 2.45) is 11.7 Å². The predicted molar refractivity (Wildman–Crippen MR) is 105 cm³/mol. The first-order valence-electron chi connectivity index (χ1n) is 9.30. The lowest BCUT2D eigenvalue weighted by atomic mass is 9.84. The number of benzene rings is 1. The van der Waals surface area contributed by atoms with Crippen LogP contribution in [0.1, 0.15) is 53.2 Å². The predicted octanol–water partition coefficient (Wildman–Crippen LogP) is 3.67. The quantitative estimate of drug-likeness (QED) is 0.776. The molecular formula is C20H27N3O2S. The van der Waals surface area contributed by atoms with E-state index in [0.29, 0.717) is 30.4 Å². The highest BCUT2D eigenvalue weighted by Gasteiger charge is 2.24. The van der Waals surface area contributed by atoms with E-state index in [1.54, 1.807) is 17.4 Å². The molecule has 1 unspecified atom stereocenters. The summed E-state index contributed by atoms with van der Waals surface area (Å²) in [7, 11) is 0. The van der Waals surface area contributed by atoms with Crippen molar-refractivity contribution in [2.75, 3.05) is 6.54 Å². The summed E-state index contributed by atoms with van der Waals surface area (Å²) in [6.07, 6.45) is 6.06. The van der Waals surface area contributed by atoms with Gasteiger partial charge in [0, 0.05) is 23.5 Å². The smallest absolute Gasteiger partial charge is 0.251 e. The lowest BCUT2D eigenvalue weighted by Crippen LogP contribution is -2.45. The first-order valence-corrected chi connectivity index (χ1v) is 10.2. The molecule has 1 aliphatic carbocycles. The van der Waals surface area contributed by atoms with Gasteiger partial charge >= 0.3 is 0 Å². The number of thiazole rings is 1. The molecule has 1 atom stereocenters. The van der Waals surface area contributed by atoms with E-state index in [9.17, 15) is 4.79 Å². The number of hydrogen-bond donors (Lipinski definition) is 2. The Hall–Kier alpha value is -1.92. The Balaban J connectivity index is 1.59. The monoisotopic (exact) mass is 373 g/mol. The Labute approximate surface area is 159 Å². The van der Waals surface area contributed by atoms with Gasteiger partial charge in [-0.15, -0.1) is 11.3 Å². The van der Waals surface area contributed by atoms with Gasteiger partial charge in [0.2, 0.25) is 0 Å². The van der Waals surface area contributed by atoms with Crippen LogP contribution in [0.4, 0.5) is 0 Å². The van der Waals surface area contributed by atoms with Gasteiger partial charge < -0.3 is 15.8 Å². The highest BCUT2D eigenvalue weighted by molar-refractivity contribution is 7.09. The Morgan fingerprint density at radius 2 is 2.19 bits per heavy atom. The van der Waals surface area contributed by atoms with Gasteiger partial charge in [0.05, 0.1) is 10.7 Å². The van der Waals surface area contributed by atoms with Crippen molar-refractivity contribution in [3.8, 4) is 5.75 Å². The number of nitrogens with zero attached hydrogens (tertiary/aromatic N) is 1. The zero-order valence-electron chi connectivity index (χ0n) is 15.2. The fourth-order valence-corrected chi connectivity index (χ4v) is 4.11. The van der Waals surface area contributed by atoms with Gasteiger partial charge in [0.25, 0.3) is 5.91 Å². The number of amides is 1. The number of hydrogen-bond acceptors (Lipinski definition) is 5. The second-order valence-electron chi connectivity index (χ2n) is 6.89. The molecule has 6 heteroatoms. The van der Waals surface area contributed by atoms with Crippen molar-refractivity contribution in [3.05, 3.63) is 45.9 Å². The molecular weight excluding hydrogens is 346 g/mol. The Morgan fingerprint density at radius 1 is 1.38 bits per heavy atom. The molecule has 1 fully saturated rings. The van der Waals surface area contributed by atoms with Gasteiger partial charge in [0.15, 0.2) is 0 Å². The maximum atomic E-state index is 12.7. The molecule has 0 aliphatic heterocycles. The maximum Gasteiger partial charge on any atom is 0.251 e. The number of ether oxygens (including phenoxy) is 1. The summed E-state index contributed by atoms with van der Waals surface area (Å²) in [4.78, 5) is 17.0. The summed E-state index contributed by atoms with van der Waals surface area (Å²) in [6, 6.07) is 7.34. The number of aromatic nitrogens is 1. The van der Waals surface area contributed by atoms with Gasteiger partial charge in [-0.3, -0.25) is 4.79 Å². The fraction of sp³-hybridized carbons (Fsp3) is 0.500. The molecule has 5 nitrogen and oxygen atoms in total. The van der Waals surface area contributed by atoms with Gasteiger partial charge in [-0.05, 0) is 43.9 Å². The molecule has 1 aromatic heterocycles. The van der Waals surface area contributed by atoms with Crippen molar-refractivity contribution in [3.63, 3.8) is 0 Å². The number of carbonyl (C=O) groups excluding carboxylic acids is 1. The summed E-state index contributed by atoms with van der Waals surface area (Å²) in [5, 5.41) is 6.14. The Morgan fingerprint density at radius 3 is 2.88 bits per heavy atom. The standard InChI is InChI=1S/C20H27N3O2S/c1-14-22-17(13-26-14)12-25-18-9-5-8-16(10-18)20(24)23-19(11-21)15-6-3-2-4-7-15/h5,8-10,13,15,19H,2-4,6-7,11-12,21H2,1H3,(H,23,24). The van der Waals surface area contributed by atoms with E-state index in [1.165, 1.54) is 19.3 Å². The van der Waals surface area contributed by atoms with E-state index >= 15 is 0 Å². The summed E-state index contributed by atoms with van der Waals surface area (Å²) in [6.45, 7) is 2.86. The van der Waals surface area contributed by atoms with Gasteiger partial charge in [-0.25, -0.2) is 4.98 Å². The van der Waals surface area contributed by atoms with Crippen LogP contribution in [0.25, 0.3) is 0 Å². The first kappa shape index (κ1) is 18.9. The maximum absolute atomic E-state index is 12.7. The zero-order chi connectivity index (χ0) is 18.4. The molecule has 0 radical (unpaired) electrons. The molecule has 1 aromatic carbocycles. The first-order chi connectivity index (χ1) is 12.7. The minimum Gasteiger partial charge on any atom is -0.487 e. The van der Waals surface area contributed by atoms with Crippen LogP contribution in [0, 0.1) is 12.8 Å². The molecule has 1 heterocycles. The number of aryl methyl sites for hydroxylation is 1. The number of nitrogens with two attached hydrogens (primary N) is 1. The van der Waals surface area contributed by atoms with Crippen LogP contribution in [-0.2, 0) is 6.61 Å². The van der Waals surface area contributed by atoms with Crippen LogP contribution in [0.15, 0.2) is 29.6 Å². The normalized spacial score (nSPS) is 16.2. The highest BCUT2D eigenvalue weighted by Crippen LogP contribution is 2.26. The van der Waals surface area contributed by atoms with Crippen molar-refractivity contribution in [1.82, 2.24) is 10.3 Å². The zero-order valence-corrected chi connectivity index (χ0v) is 16.1. The van der Waals surface area contributed by atoms with Crippen molar-refractivity contribution < 1.29 is 9.53 Å². The van der Waals surface area contributed by atoms with Crippen LogP contribution >= 0.6 is 11.3 Å². The summed E-state index contributed by atoms with van der Waals surface area (Å²) in [5.41, 5.74) is 7.44. The molecule has 1 amide bonds. The van der Waals surface area contributed by atoms with Crippen LogP contribution in [-0.4, -0.2) is 23.5 Å². The molecule has 2 aromatic rings. The lowest BCUT2D eigenvalue weighted by Gasteiger charge is -2.30. The van der Waals surface area contributed by atoms with Crippen LogP contribution in [0.5, 0.6) is 5.75 Å². The van der Waals surface area contributed by atoms with Crippen molar-refractivity contribution in [1.29, 1.82) is 0 Å². The molecule has 1 aliphatic rings. The third kappa shape index (κ3) is 5.05. The van der Waals surface area contributed by atoms with Crippen LogP contribution < -0.4 is 15.8 Å². The molecule has 140 valence electrons. The average Bonchev–Trinajstić information content (AvgIpc) is 3.10. The SMILES string of the molecule is Cc1nc(COc2cccc(C(=O)NC(CN)C3CCCCC3)c2)cs1. The second kappa shape index (κ2) is 9.14. The average molecular weight is 374 g/mol. The summed E-state index contributed by atoms with van der Waals surface area (Å²) >= 11 is 1.60. The summed E-state index contributed by atoms with van der Waals surface area (Å²) < 4.78 is 5.78. The molecule has 0 saturated heterocycles. The van der Waals surface area contributed by atoms with Crippen molar-refractivity contribution in [2.45, 2.75) is 51.7 Å². The lowest BCUT2D eigenvalue weighted by molar-refractivity contribution is 0.0915. The van der Waals surface area contributed by atoms with E-state index in [2.05, 4.69) is 10.3 Å². The third-order valence-electron chi connectivity index (χ3n) is 4.94. The minimum absolute atomic E-state index is 0.0466. The highest BCUT2D eigenvalue weighted by atomic mass is 32.1. The molecule has 3 N–H and O–H groups in total. The van der Waals surface area contributed by atoms with Crippen LogP contribution in [0.3, 0.4) is 0 Å². The molecule has 26 heavy (non-hydrogen) atoms. The van der Waals surface area contributed by atoms with E-state index in [4.69, 9.17) is 10.5 Å². The van der Waals surface area contributed by atoms with Gasteiger partial charge in [0.1, 0.15) is 12.4 Å². The van der Waals surface area contributed by atoms with E-state index in [0.717, 1.165) is 23.5 Å². The second-order valence-corrected chi connectivity index (χ2v) is 7.95. The van der Waals surface area contributed by atoms with Gasteiger partial charge in [-0.1, -0.05) is 25.3 Å². The van der Waals surface area contributed by atoms with Crippen LogP contribution in [0.2, 0.25) is 0 Å². The summed E-state index contributed by atoms with van der Waals surface area (Å²) in [5.74, 6) is 1.08.